The third kappa shape index (κ3) is 3.95. The predicted molar refractivity (Wildman–Crippen MR) is 73.2 cm³/mol. The second kappa shape index (κ2) is 6.53. The Bertz CT molecular complexity index is 283. The van der Waals surface area contributed by atoms with Crippen LogP contribution in [0, 0.1) is 11.8 Å². The molecular weight excluding hydrogens is 228 g/mol. The third-order valence-electron chi connectivity index (χ3n) is 4.60. The van der Waals surface area contributed by atoms with Gasteiger partial charge < -0.3 is 15.8 Å². The number of primary amides is 1. The highest BCUT2D eigenvalue weighted by molar-refractivity contribution is 5.84. The molecule has 106 valence electrons. The van der Waals surface area contributed by atoms with Gasteiger partial charge in [0.1, 0.15) is 0 Å². The molecule has 0 saturated heterocycles. The van der Waals surface area contributed by atoms with Crippen LogP contribution in [-0.2, 0) is 9.53 Å². The van der Waals surface area contributed by atoms with Crippen molar-refractivity contribution >= 4 is 5.91 Å². The minimum atomic E-state index is -0.659. The predicted octanol–water partition coefficient (Wildman–Crippen LogP) is 1.68. The summed E-state index contributed by atoms with van der Waals surface area (Å²) in [5.41, 5.74) is 4.72. The monoisotopic (exact) mass is 256 g/mol. The molecule has 4 unspecified atom stereocenters. The van der Waals surface area contributed by atoms with E-state index >= 15 is 0 Å². The Morgan fingerprint density at radius 2 is 2.06 bits per heavy atom. The van der Waals surface area contributed by atoms with E-state index in [1.807, 2.05) is 6.92 Å². The molecule has 0 aliphatic heterocycles. The summed E-state index contributed by atoms with van der Waals surface area (Å²) in [5, 5.41) is 2.98. The fraction of sp³-hybridized carbons (Fsp3) is 0.929. The molecular formula is C14H28N2O2. The molecule has 4 atom stereocenters. The van der Waals surface area contributed by atoms with E-state index in [0.29, 0.717) is 19.1 Å². The van der Waals surface area contributed by atoms with Gasteiger partial charge in [0.05, 0.1) is 11.6 Å². The van der Waals surface area contributed by atoms with E-state index in [9.17, 15) is 4.79 Å². The molecule has 1 fully saturated rings. The molecule has 0 spiro atoms. The van der Waals surface area contributed by atoms with E-state index in [0.717, 1.165) is 24.7 Å². The Hall–Kier alpha value is -0.610. The summed E-state index contributed by atoms with van der Waals surface area (Å²) in [6.45, 7) is 7.02. The molecule has 1 rings (SSSR count). The smallest absolute Gasteiger partial charge is 0.237 e. The standard InChI is InChI=1S/C14H28N2O2/c1-10-5-6-12(9-11(10)2)18-8-7-14(3,16-4)13(15)17/h10-12,16H,5-9H2,1-4H3,(H2,15,17). The summed E-state index contributed by atoms with van der Waals surface area (Å²) in [6, 6.07) is 0. The lowest BCUT2D eigenvalue weighted by Gasteiger charge is -2.33. The highest BCUT2D eigenvalue weighted by Gasteiger charge is 2.30. The van der Waals surface area contributed by atoms with E-state index in [1.165, 1.54) is 6.42 Å². The first-order valence-electron chi connectivity index (χ1n) is 6.99. The Morgan fingerprint density at radius 3 is 2.56 bits per heavy atom. The SMILES string of the molecule is CNC(C)(CCOC1CCC(C)C(C)C1)C(N)=O. The molecule has 0 aromatic carbocycles. The van der Waals surface area contributed by atoms with Crippen molar-refractivity contribution in [3.05, 3.63) is 0 Å². The molecule has 0 aromatic heterocycles. The number of amides is 1. The normalized spacial score (nSPS) is 31.9. The molecule has 1 aliphatic carbocycles. The molecule has 0 heterocycles. The first-order valence-corrected chi connectivity index (χ1v) is 6.99. The number of carbonyl (C=O) groups is 1. The van der Waals surface area contributed by atoms with Crippen molar-refractivity contribution in [1.82, 2.24) is 5.32 Å². The Balaban J connectivity index is 2.31. The minimum Gasteiger partial charge on any atom is -0.378 e. The third-order valence-corrected chi connectivity index (χ3v) is 4.60. The average Bonchev–Trinajstić information content (AvgIpc) is 2.33. The number of carbonyl (C=O) groups excluding carboxylic acids is 1. The van der Waals surface area contributed by atoms with Crippen molar-refractivity contribution in [2.75, 3.05) is 13.7 Å². The average molecular weight is 256 g/mol. The van der Waals surface area contributed by atoms with Gasteiger partial charge >= 0.3 is 0 Å². The lowest BCUT2D eigenvalue weighted by molar-refractivity contribution is -0.124. The summed E-state index contributed by atoms with van der Waals surface area (Å²) in [4.78, 5) is 11.3. The van der Waals surface area contributed by atoms with E-state index in [1.54, 1.807) is 7.05 Å². The molecule has 1 amide bonds. The van der Waals surface area contributed by atoms with Gasteiger partial charge in [-0.3, -0.25) is 4.79 Å². The zero-order valence-electron chi connectivity index (χ0n) is 12.2. The fourth-order valence-electron chi connectivity index (χ4n) is 2.45. The number of hydrogen-bond acceptors (Lipinski definition) is 3. The lowest BCUT2D eigenvalue weighted by atomic mass is 9.80. The summed E-state index contributed by atoms with van der Waals surface area (Å²) in [7, 11) is 1.76. The molecule has 4 nitrogen and oxygen atoms in total. The molecule has 18 heavy (non-hydrogen) atoms. The van der Waals surface area contributed by atoms with Crippen LogP contribution in [-0.4, -0.2) is 31.2 Å². The minimum absolute atomic E-state index is 0.320. The molecule has 0 aromatic rings. The highest BCUT2D eigenvalue weighted by atomic mass is 16.5. The van der Waals surface area contributed by atoms with Crippen LogP contribution in [0.5, 0.6) is 0 Å². The van der Waals surface area contributed by atoms with Crippen molar-refractivity contribution < 1.29 is 9.53 Å². The van der Waals surface area contributed by atoms with Crippen molar-refractivity contribution in [1.29, 1.82) is 0 Å². The zero-order chi connectivity index (χ0) is 13.8. The Kier molecular flexibility index (Phi) is 5.60. The first-order chi connectivity index (χ1) is 8.39. The highest BCUT2D eigenvalue weighted by Crippen LogP contribution is 2.31. The van der Waals surface area contributed by atoms with Crippen molar-refractivity contribution in [3.8, 4) is 0 Å². The Morgan fingerprint density at radius 1 is 1.39 bits per heavy atom. The van der Waals surface area contributed by atoms with Crippen molar-refractivity contribution in [3.63, 3.8) is 0 Å². The van der Waals surface area contributed by atoms with Gasteiger partial charge in [0.15, 0.2) is 0 Å². The van der Waals surface area contributed by atoms with Gasteiger partial charge in [-0.15, -0.1) is 0 Å². The van der Waals surface area contributed by atoms with Gasteiger partial charge in [-0.1, -0.05) is 13.8 Å². The van der Waals surface area contributed by atoms with Gasteiger partial charge in [-0.2, -0.15) is 0 Å². The number of nitrogens with one attached hydrogen (secondary N) is 1. The summed E-state index contributed by atoms with van der Waals surface area (Å²) in [5.74, 6) is 1.22. The first kappa shape index (κ1) is 15.4. The second-order valence-corrected chi connectivity index (χ2v) is 5.96. The van der Waals surface area contributed by atoms with E-state index < -0.39 is 5.54 Å². The molecule has 4 heteroatoms. The maximum Gasteiger partial charge on any atom is 0.237 e. The van der Waals surface area contributed by atoms with E-state index in [2.05, 4.69) is 19.2 Å². The second-order valence-electron chi connectivity index (χ2n) is 5.96. The molecule has 3 N–H and O–H groups in total. The molecule has 0 radical (unpaired) electrons. The molecule has 1 aliphatic rings. The maximum atomic E-state index is 11.3. The van der Waals surface area contributed by atoms with Crippen LogP contribution in [0.2, 0.25) is 0 Å². The van der Waals surface area contributed by atoms with Gasteiger partial charge in [0.25, 0.3) is 0 Å². The van der Waals surface area contributed by atoms with E-state index in [4.69, 9.17) is 10.5 Å². The van der Waals surface area contributed by atoms with Crippen LogP contribution >= 0.6 is 0 Å². The van der Waals surface area contributed by atoms with Crippen LogP contribution < -0.4 is 11.1 Å². The maximum absolute atomic E-state index is 11.3. The fourth-order valence-corrected chi connectivity index (χ4v) is 2.45. The Labute approximate surface area is 111 Å². The van der Waals surface area contributed by atoms with Crippen molar-refractivity contribution in [2.24, 2.45) is 17.6 Å². The largest absolute Gasteiger partial charge is 0.378 e. The molecule has 0 bridgehead atoms. The van der Waals surface area contributed by atoms with Gasteiger partial charge in [0.2, 0.25) is 5.91 Å². The van der Waals surface area contributed by atoms with Crippen LogP contribution in [0.3, 0.4) is 0 Å². The van der Waals surface area contributed by atoms with Gasteiger partial charge in [0, 0.05) is 6.61 Å². The van der Waals surface area contributed by atoms with E-state index in [-0.39, 0.29) is 5.91 Å². The van der Waals surface area contributed by atoms with Gasteiger partial charge in [-0.05, 0) is 51.5 Å². The zero-order valence-corrected chi connectivity index (χ0v) is 12.2. The number of likely N-dealkylation sites (N-methyl/N-ethyl adjacent to an activating group) is 1. The van der Waals surface area contributed by atoms with Crippen LogP contribution in [0.1, 0.15) is 46.5 Å². The number of rotatable bonds is 6. The summed E-state index contributed by atoms with van der Waals surface area (Å²) >= 11 is 0. The van der Waals surface area contributed by atoms with Crippen molar-refractivity contribution in [2.45, 2.75) is 58.1 Å². The molecule has 1 saturated carbocycles. The number of hydrogen-bond donors (Lipinski definition) is 2. The summed E-state index contributed by atoms with van der Waals surface area (Å²) in [6.07, 6.45) is 4.49. The van der Waals surface area contributed by atoms with Gasteiger partial charge in [-0.25, -0.2) is 0 Å². The van der Waals surface area contributed by atoms with Crippen LogP contribution in [0.25, 0.3) is 0 Å². The van der Waals surface area contributed by atoms with Crippen LogP contribution in [0.4, 0.5) is 0 Å². The van der Waals surface area contributed by atoms with Crippen LogP contribution in [0.15, 0.2) is 0 Å². The number of ether oxygens (including phenoxy) is 1. The quantitative estimate of drug-likeness (QED) is 0.760. The summed E-state index contributed by atoms with van der Waals surface area (Å²) < 4.78 is 5.90. The lowest BCUT2D eigenvalue weighted by Crippen LogP contribution is -2.52. The topological polar surface area (TPSA) is 64.3 Å². The number of nitrogens with two attached hydrogens (primary N) is 1.